The van der Waals surface area contributed by atoms with Crippen molar-refractivity contribution < 1.29 is 19.7 Å². The van der Waals surface area contributed by atoms with Crippen LogP contribution in [0.25, 0.3) is 0 Å². The minimum Gasteiger partial charge on any atom is -0.395 e. The number of aliphatic hydroxyl groups excluding tert-OH is 2. The predicted octanol–water partition coefficient (Wildman–Crippen LogP) is 0.422. The number of ether oxygens (including phenoxy) is 1. The molecule has 0 spiro atoms. The number of carbonyl (C=O) groups is 1. The highest BCUT2D eigenvalue weighted by Gasteiger charge is 2.53. The summed E-state index contributed by atoms with van der Waals surface area (Å²) in [5.41, 5.74) is -1.25. The van der Waals surface area contributed by atoms with Crippen molar-refractivity contribution >= 4 is 5.78 Å². The van der Waals surface area contributed by atoms with Gasteiger partial charge in [-0.05, 0) is 19.9 Å². The Balaban J connectivity index is 2.36. The second-order valence-electron chi connectivity index (χ2n) is 5.36. The van der Waals surface area contributed by atoms with Crippen LogP contribution in [0.5, 0.6) is 0 Å². The normalized spacial score (nSPS) is 41.9. The largest absolute Gasteiger partial charge is 0.395 e. The van der Waals surface area contributed by atoms with Gasteiger partial charge in [0.2, 0.25) is 0 Å². The maximum absolute atomic E-state index is 11.4. The van der Waals surface area contributed by atoms with Crippen LogP contribution in [0.3, 0.4) is 0 Å². The van der Waals surface area contributed by atoms with E-state index in [4.69, 9.17) is 4.74 Å². The van der Waals surface area contributed by atoms with Gasteiger partial charge in [-0.3, -0.25) is 4.79 Å². The molecule has 0 saturated carbocycles. The molecule has 2 rings (SSSR count). The van der Waals surface area contributed by atoms with Crippen LogP contribution in [0.4, 0.5) is 0 Å². The van der Waals surface area contributed by atoms with E-state index in [2.05, 4.69) is 0 Å². The van der Waals surface area contributed by atoms with Crippen LogP contribution in [-0.4, -0.2) is 40.4 Å². The quantitative estimate of drug-likeness (QED) is 0.680. The zero-order chi connectivity index (χ0) is 12.0. The van der Waals surface area contributed by atoms with Gasteiger partial charge >= 0.3 is 0 Å². The first kappa shape index (κ1) is 11.8. The monoisotopic (exact) mass is 226 g/mol. The van der Waals surface area contributed by atoms with Gasteiger partial charge < -0.3 is 14.9 Å². The molecule has 1 aliphatic heterocycles. The average Bonchev–Trinajstić information content (AvgIpc) is 2.15. The fourth-order valence-electron chi connectivity index (χ4n) is 2.62. The van der Waals surface area contributed by atoms with Crippen LogP contribution in [-0.2, 0) is 9.53 Å². The van der Waals surface area contributed by atoms with Crippen molar-refractivity contribution in [3.05, 3.63) is 12.2 Å². The molecule has 4 heteroatoms. The molecular formula is C12H18O4. The minimum absolute atomic E-state index is 0.0148. The highest BCUT2D eigenvalue weighted by Crippen LogP contribution is 2.45. The molecule has 1 aliphatic carbocycles. The molecule has 1 fully saturated rings. The van der Waals surface area contributed by atoms with Gasteiger partial charge in [0, 0.05) is 12.8 Å². The lowest BCUT2D eigenvalue weighted by molar-refractivity contribution is -0.216. The van der Waals surface area contributed by atoms with Gasteiger partial charge in [-0.2, -0.15) is 0 Å². The van der Waals surface area contributed by atoms with Crippen LogP contribution in [0.2, 0.25) is 0 Å². The van der Waals surface area contributed by atoms with Gasteiger partial charge in [0.25, 0.3) is 0 Å². The maximum Gasteiger partial charge on any atom is 0.158 e. The molecule has 2 N–H and O–H groups in total. The Hall–Kier alpha value is -0.710. The topological polar surface area (TPSA) is 66.8 Å². The van der Waals surface area contributed by atoms with Gasteiger partial charge in [-0.25, -0.2) is 0 Å². The van der Waals surface area contributed by atoms with Crippen LogP contribution >= 0.6 is 0 Å². The Bertz CT molecular complexity index is 334. The molecule has 16 heavy (non-hydrogen) atoms. The Kier molecular flexibility index (Phi) is 2.69. The average molecular weight is 226 g/mol. The lowest BCUT2D eigenvalue weighted by Crippen LogP contribution is -2.59. The maximum atomic E-state index is 11.4. The van der Waals surface area contributed by atoms with Gasteiger partial charge in [0.1, 0.15) is 0 Å². The number of hydrogen-bond acceptors (Lipinski definition) is 4. The van der Waals surface area contributed by atoms with Crippen molar-refractivity contribution in [3.63, 3.8) is 0 Å². The summed E-state index contributed by atoms with van der Waals surface area (Å²) in [5, 5.41) is 19.7. The third-order valence-electron chi connectivity index (χ3n) is 3.61. The lowest BCUT2D eigenvalue weighted by Gasteiger charge is -2.51. The van der Waals surface area contributed by atoms with E-state index < -0.39 is 23.2 Å². The number of hydrogen-bond donors (Lipinski definition) is 2. The Morgan fingerprint density at radius 1 is 1.56 bits per heavy atom. The van der Waals surface area contributed by atoms with E-state index in [0.29, 0.717) is 6.42 Å². The lowest BCUT2D eigenvalue weighted by atomic mass is 9.67. The number of ketones is 1. The van der Waals surface area contributed by atoms with Crippen LogP contribution in [0.1, 0.15) is 26.7 Å². The highest BCUT2D eigenvalue weighted by molar-refractivity contribution is 5.91. The zero-order valence-corrected chi connectivity index (χ0v) is 9.64. The summed E-state index contributed by atoms with van der Waals surface area (Å²) >= 11 is 0. The van der Waals surface area contributed by atoms with E-state index in [1.807, 2.05) is 13.8 Å². The molecule has 2 aliphatic rings. The van der Waals surface area contributed by atoms with E-state index in [-0.39, 0.29) is 18.8 Å². The molecule has 90 valence electrons. The standard InChI is InChI=1S/C12H18O4/c1-11(2)6-9(15)12(7-13)4-3-8(14)5-10(12)16-11/h3-4,9-10,13,15H,5-7H2,1-2H3/t9-,10-,12+/m1/s1. The summed E-state index contributed by atoms with van der Waals surface area (Å²) in [6.45, 7) is 3.58. The van der Waals surface area contributed by atoms with E-state index in [0.717, 1.165) is 0 Å². The fourth-order valence-corrected chi connectivity index (χ4v) is 2.62. The second kappa shape index (κ2) is 3.65. The van der Waals surface area contributed by atoms with Crippen molar-refractivity contribution in [2.75, 3.05) is 6.61 Å². The molecule has 3 atom stereocenters. The first-order valence-electron chi connectivity index (χ1n) is 5.58. The van der Waals surface area contributed by atoms with Crippen LogP contribution in [0.15, 0.2) is 12.2 Å². The summed E-state index contributed by atoms with van der Waals surface area (Å²) < 4.78 is 5.82. The first-order chi connectivity index (χ1) is 7.39. The third kappa shape index (κ3) is 1.71. The molecule has 0 aromatic rings. The van der Waals surface area contributed by atoms with E-state index in [9.17, 15) is 15.0 Å². The molecule has 1 saturated heterocycles. The molecule has 0 aromatic heterocycles. The number of aliphatic hydroxyl groups is 2. The summed E-state index contributed by atoms with van der Waals surface area (Å²) in [5.74, 6) is -0.0148. The van der Waals surface area contributed by atoms with Gasteiger partial charge in [-0.15, -0.1) is 0 Å². The van der Waals surface area contributed by atoms with Crippen molar-refractivity contribution in [2.24, 2.45) is 5.41 Å². The number of carbonyl (C=O) groups excluding carboxylic acids is 1. The summed E-state index contributed by atoms with van der Waals surface area (Å²) in [7, 11) is 0. The van der Waals surface area contributed by atoms with Crippen molar-refractivity contribution in [1.82, 2.24) is 0 Å². The smallest absolute Gasteiger partial charge is 0.158 e. The van der Waals surface area contributed by atoms with Crippen molar-refractivity contribution in [3.8, 4) is 0 Å². The number of rotatable bonds is 1. The van der Waals surface area contributed by atoms with E-state index in [1.54, 1.807) is 6.08 Å². The van der Waals surface area contributed by atoms with Gasteiger partial charge in [-0.1, -0.05) is 6.08 Å². The number of allylic oxidation sites excluding steroid dienone is 1. The zero-order valence-electron chi connectivity index (χ0n) is 9.64. The minimum atomic E-state index is -0.802. The fraction of sp³-hybridized carbons (Fsp3) is 0.750. The second-order valence-corrected chi connectivity index (χ2v) is 5.36. The summed E-state index contributed by atoms with van der Waals surface area (Å²) in [4.78, 5) is 11.4. The Morgan fingerprint density at radius 2 is 2.25 bits per heavy atom. The molecule has 0 bridgehead atoms. The highest BCUT2D eigenvalue weighted by atomic mass is 16.5. The van der Waals surface area contributed by atoms with Gasteiger partial charge in [0.05, 0.1) is 29.8 Å². The third-order valence-corrected chi connectivity index (χ3v) is 3.61. The van der Waals surface area contributed by atoms with E-state index in [1.165, 1.54) is 6.08 Å². The Labute approximate surface area is 94.9 Å². The SMILES string of the molecule is CC1(C)C[C@@H](O)[C@@]2(CO)C=CC(=O)C[C@H]2O1. The number of fused-ring (bicyclic) bond motifs is 1. The molecule has 1 heterocycles. The van der Waals surface area contributed by atoms with Crippen molar-refractivity contribution in [1.29, 1.82) is 0 Å². The molecule has 0 aromatic carbocycles. The first-order valence-corrected chi connectivity index (χ1v) is 5.58. The molecule has 0 radical (unpaired) electrons. The van der Waals surface area contributed by atoms with Gasteiger partial charge in [0.15, 0.2) is 5.78 Å². The molecule has 4 nitrogen and oxygen atoms in total. The van der Waals surface area contributed by atoms with Crippen LogP contribution < -0.4 is 0 Å². The summed E-state index contributed by atoms with van der Waals surface area (Å²) in [6.07, 6.45) is 2.66. The molecule has 0 unspecified atom stereocenters. The summed E-state index contributed by atoms with van der Waals surface area (Å²) in [6, 6.07) is 0. The van der Waals surface area contributed by atoms with Crippen molar-refractivity contribution in [2.45, 2.75) is 44.5 Å². The Morgan fingerprint density at radius 3 is 2.88 bits per heavy atom. The van der Waals surface area contributed by atoms with E-state index >= 15 is 0 Å². The van der Waals surface area contributed by atoms with Crippen LogP contribution in [0, 0.1) is 5.41 Å². The molecule has 0 amide bonds. The predicted molar refractivity (Wildman–Crippen MR) is 57.9 cm³/mol. The molecular weight excluding hydrogens is 208 g/mol.